The monoisotopic (exact) mass is 413 g/mol. The van der Waals surface area contributed by atoms with Gasteiger partial charge in [0.05, 0.1) is 12.2 Å². The second-order valence-electron chi connectivity index (χ2n) is 6.08. The van der Waals surface area contributed by atoms with E-state index in [2.05, 4.69) is 20.8 Å². The van der Waals surface area contributed by atoms with Crippen molar-refractivity contribution in [1.29, 1.82) is 0 Å². The predicted octanol–water partition coefficient (Wildman–Crippen LogP) is 3.35. The minimum atomic E-state index is -0.417. The van der Waals surface area contributed by atoms with E-state index < -0.39 is 5.82 Å². The maximum absolute atomic E-state index is 13.2. The molecular weight excluding hydrogens is 393 g/mol. The number of carbonyl (C=O) groups excluding carboxylic acids is 2. The fourth-order valence-electron chi connectivity index (χ4n) is 2.64. The molecule has 1 heterocycles. The standard InChI is InChI=1S/C20H20FN5O2S/c1-2-26-17(12-18(27)22-15-8-4-3-5-9-15)24-25-20(26)29-13-19(28)23-16-10-6-7-14(21)11-16/h3-11H,2,12-13H2,1H3,(H,22,27)(H,23,28). The van der Waals surface area contributed by atoms with Gasteiger partial charge >= 0.3 is 0 Å². The lowest BCUT2D eigenvalue weighted by Crippen LogP contribution is -2.18. The van der Waals surface area contributed by atoms with Gasteiger partial charge in [-0.25, -0.2) is 4.39 Å². The molecule has 0 fully saturated rings. The van der Waals surface area contributed by atoms with E-state index in [4.69, 9.17) is 0 Å². The number of amides is 2. The highest BCUT2D eigenvalue weighted by molar-refractivity contribution is 7.99. The highest BCUT2D eigenvalue weighted by Gasteiger charge is 2.16. The lowest BCUT2D eigenvalue weighted by Gasteiger charge is -2.08. The molecule has 0 aliphatic carbocycles. The minimum Gasteiger partial charge on any atom is -0.326 e. The molecule has 0 atom stereocenters. The topological polar surface area (TPSA) is 88.9 Å². The molecule has 1 aromatic heterocycles. The SMILES string of the molecule is CCn1c(CC(=O)Nc2ccccc2)nnc1SCC(=O)Nc1cccc(F)c1. The normalized spacial score (nSPS) is 10.6. The van der Waals surface area contributed by atoms with Gasteiger partial charge in [-0.2, -0.15) is 0 Å². The molecule has 3 rings (SSSR count). The molecular formula is C20H20FN5O2S. The van der Waals surface area contributed by atoms with Crippen LogP contribution in [0.1, 0.15) is 12.7 Å². The number of nitrogens with zero attached hydrogens (tertiary/aromatic N) is 3. The van der Waals surface area contributed by atoms with Gasteiger partial charge in [-0.1, -0.05) is 36.0 Å². The van der Waals surface area contributed by atoms with Crippen LogP contribution in [0.5, 0.6) is 0 Å². The van der Waals surface area contributed by atoms with Crippen LogP contribution in [0.3, 0.4) is 0 Å². The van der Waals surface area contributed by atoms with E-state index in [0.29, 0.717) is 28.9 Å². The number of anilines is 2. The van der Waals surface area contributed by atoms with E-state index in [9.17, 15) is 14.0 Å². The van der Waals surface area contributed by atoms with Crippen molar-refractivity contribution in [3.63, 3.8) is 0 Å². The second kappa shape index (κ2) is 9.83. The first kappa shape index (κ1) is 20.5. The molecule has 9 heteroatoms. The summed E-state index contributed by atoms with van der Waals surface area (Å²) in [5.74, 6) is -0.285. The van der Waals surface area contributed by atoms with Crippen molar-refractivity contribution in [3.8, 4) is 0 Å². The second-order valence-corrected chi connectivity index (χ2v) is 7.02. The van der Waals surface area contributed by atoms with Gasteiger partial charge in [-0.05, 0) is 37.3 Å². The summed E-state index contributed by atoms with van der Waals surface area (Å²) in [6.07, 6.45) is 0.0752. The Hall–Kier alpha value is -3.20. The van der Waals surface area contributed by atoms with Crippen molar-refractivity contribution >= 4 is 35.0 Å². The zero-order valence-corrected chi connectivity index (χ0v) is 16.6. The molecule has 0 unspecified atom stereocenters. The highest BCUT2D eigenvalue weighted by atomic mass is 32.2. The zero-order chi connectivity index (χ0) is 20.6. The quantitative estimate of drug-likeness (QED) is 0.553. The number of nitrogens with one attached hydrogen (secondary N) is 2. The summed E-state index contributed by atoms with van der Waals surface area (Å²) < 4.78 is 15.0. The molecule has 29 heavy (non-hydrogen) atoms. The van der Waals surface area contributed by atoms with Gasteiger partial charge in [0.1, 0.15) is 11.6 Å². The van der Waals surface area contributed by atoms with E-state index in [-0.39, 0.29) is 24.0 Å². The summed E-state index contributed by atoms with van der Waals surface area (Å²) in [6.45, 7) is 2.48. The van der Waals surface area contributed by atoms with Gasteiger partial charge in [-0.3, -0.25) is 9.59 Å². The van der Waals surface area contributed by atoms with Crippen LogP contribution in [0.4, 0.5) is 15.8 Å². The summed E-state index contributed by atoms with van der Waals surface area (Å²) in [4.78, 5) is 24.4. The minimum absolute atomic E-state index is 0.0752. The van der Waals surface area contributed by atoms with Crippen LogP contribution in [0, 0.1) is 5.82 Å². The van der Waals surface area contributed by atoms with Crippen LogP contribution in [-0.4, -0.2) is 32.3 Å². The summed E-state index contributed by atoms with van der Waals surface area (Å²) in [5.41, 5.74) is 1.11. The Labute approximate surface area is 171 Å². The van der Waals surface area contributed by atoms with Crippen molar-refractivity contribution in [1.82, 2.24) is 14.8 Å². The third-order valence-electron chi connectivity index (χ3n) is 3.93. The maximum Gasteiger partial charge on any atom is 0.234 e. The Morgan fingerprint density at radius 1 is 1.00 bits per heavy atom. The number of benzene rings is 2. The van der Waals surface area contributed by atoms with Crippen LogP contribution in [0.15, 0.2) is 59.8 Å². The van der Waals surface area contributed by atoms with Crippen molar-refractivity contribution in [2.45, 2.75) is 25.0 Å². The number of para-hydroxylation sites is 1. The van der Waals surface area contributed by atoms with E-state index in [1.54, 1.807) is 22.8 Å². The summed E-state index contributed by atoms with van der Waals surface area (Å²) in [7, 11) is 0. The van der Waals surface area contributed by atoms with Crippen molar-refractivity contribution < 1.29 is 14.0 Å². The van der Waals surface area contributed by atoms with Crippen molar-refractivity contribution in [2.75, 3.05) is 16.4 Å². The van der Waals surface area contributed by atoms with Gasteiger partial charge in [0.25, 0.3) is 0 Å². The average molecular weight is 413 g/mol. The molecule has 7 nitrogen and oxygen atoms in total. The first-order valence-corrected chi connectivity index (χ1v) is 9.99. The van der Waals surface area contributed by atoms with Crippen molar-refractivity contribution in [2.24, 2.45) is 0 Å². The molecule has 0 saturated carbocycles. The third-order valence-corrected chi connectivity index (χ3v) is 4.89. The first-order chi connectivity index (χ1) is 14.0. The molecule has 0 aliphatic heterocycles. The highest BCUT2D eigenvalue weighted by Crippen LogP contribution is 2.18. The molecule has 0 aliphatic rings. The van der Waals surface area contributed by atoms with Gasteiger partial charge in [0.2, 0.25) is 11.8 Å². The summed E-state index contributed by atoms with van der Waals surface area (Å²) >= 11 is 1.21. The molecule has 2 amide bonds. The lowest BCUT2D eigenvalue weighted by atomic mass is 10.3. The molecule has 2 N–H and O–H groups in total. The zero-order valence-electron chi connectivity index (χ0n) is 15.8. The Morgan fingerprint density at radius 2 is 1.72 bits per heavy atom. The number of aromatic nitrogens is 3. The molecule has 150 valence electrons. The van der Waals surface area contributed by atoms with Crippen LogP contribution < -0.4 is 10.6 Å². The van der Waals surface area contributed by atoms with Crippen LogP contribution in [-0.2, 0) is 22.6 Å². The van der Waals surface area contributed by atoms with Crippen LogP contribution in [0.2, 0.25) is 0 Å². The van der Waals surface area contributed by atoms with Gasteiger partial charge in [-0.15, -0.1) is 10.2 Å². The van der Waals surface area contributed by atoms with E-state index in [0.717, 1.165) is 0 Å². The summed E-state index contributed by atoms with van der Waals surface area (Å²) in [5, 5.41) is 14.2. The largest absolute Gasteiger partial charge is 0.326 e. The maximum atomic E-state index is 13.2. The van der Waals surface area contributed by atoms with Crippen LogP contribution in [0.25, 0.3) is 0 Å². The first-order valence-electron chi connectivity index (χ1n) is 9.00. The van der Waals surface area contributed by atoms with Gasteiger partial charge in [0, 0.05) is 17.9 Å². The number of thioether (sulfide) groups is 1. The van der Waals surface area contributed by atoms with E-state index in [1.165, 1.54) is 30.0 Å². The van der Waals surface area contributed by atoms with Crippen LogP contribution >= 0.6 is 11.8 Å². The molecule has 0 radical (unpaired) electrons. The fourth-order valence-corrected chi connectivity index (χ4v) is 3.46. The number of halogens is 1. The van der Waals surface area contributed by atoms with E-state index in [1.807, 2.05) is 25.1 Å². The van der Waals surface area contributed by atoms with Gasteiger partial charge in [0.15, 0.2) is 5.16 Å². The lowest BCUT2D eigenvalue weighted by molar-refractivity contribution is -0.116. The molecule has 3 aromatic rings. The Morgan fingerprint density at radius 3 is 2.45 bits per heavy atom. The Balaban J connectivity index is 1.57. The number of hydrogen-bond donors (Lipinski definition) is 2. The summed E-state index contributed by atoms with van der Waals surface area (Å²) in [6, 6.07) is 14.9. The number of rotatable bonds is 8. The smallest absolute Gasteiger partial charge is 0.234 e. The fraction of sp³-hybridized carbons (Fsp3) is 0.200. The Kier molecular flexibility index (Phi) is 6.96. The molecule has 0 bridgehead atoms. The Bertz CT molecular complexity index is 994. The molecule has 2 aromatic carbocycles. The van der Waals surface area contributed by atoms with Crippen molar-refractivity contribution in [3.05, 3.63) is 66.2 Å². The number of hydrogen-bond acceptors (Lipinski definition) is 5. The molecule has 0 saturated heterocycles. The number of carbonyl (C=O) groups is 2. The molecule has 0 spiro atoms. The predicted molar refractivity (Wildman–Crippen MR) is 110 cm³/mol. The van der Waals surface area contributed by atoms with E-state index >= 15 is 0 Å². The third kappa shape index (κ3) is 5.89. The average Bonchev–Trinajstić information content (AvgIpc) is 3.08. The van der Waals surface area contributed by atoms with Gasteiger partial charge < -0.3 is 15.2 Å².